The smallest absolute Gasteiger partial charge is 0.424 e. The second kappa shape index (κ2) is 7.78. The van der Waals surface area contributed by atoms with E-state index in [1.165, 1.54) is 25.5 Å². The van der Waals surface area contributed by atoms with Gasteiger partial charge in [-0.25, -0.2) is 19.3 Å². The van der Waals surface area contributed by atoms with E-state index in [9.17, 15) is 17.6 Å². The Morgan fingerprint density at radius 3 is 2.52 bits per heavy atom. The Kier molecular flexibility index (Phi) is 5.39. The van der Waals surface area contributed by atoms with Crippen molar-refractivity contribution in [3.63, 3.8) is 0 Å². The van der Waals surface area contributed by atoms with E-state index in [-0.39, 0.29) is 22.8 Å². The third-order valence-corrected chi connectivity index (χ3v) is 3.86. The van der Waals surface area contributed by atoms with Crippen LogP contribution in [0.1, 0.15) is 22.5 Å². The Morgan fingerprint density at radius 1 is 1.14 bits per heavy atom. The molecule has 0 bridgehead atoms. The zero-order valence-electron chi connectivity index (χ0n) is 15.2. The SMILES string of the molecule is CN=C(c1ccc(Oc2nccc(C(F)(F)F)n2)cc1F)c1c(C)ncnc1N. The van der Waals surface area contributed by atoms with Crippen LogP contribution in [0.25, 0.3) is 0 Å². The fourth-order valence-corrected chi connectivity index (χ4v) is 2.56. The summed E-state index contributed by atoms with van der Waals surface area (Å²) >= 11 is 0. The van der Waals surface area contributed by atoms with Crippen LogP contribution in [0.2, 0.25) is 0 Å². The molecule has 150 valence electrons. The number of nitrogens with zero attached hydrogens (tertiary/aromatic N) is 5. The molecule has 0 radical (unpaired) electrons. The van der Waals surface area contributed by atoms with Gasteiger partial charge in [0.25, 0.3) is 0 Å². The number of halogens is 4. The summed E-state index contributed by atoms with van der Waals surface area (Å²) in [5.74, 6) is -0.692. The highest BCUT2D eigenvalue weighted by Crippen LogP contribution is 2.29. The van der Waals surface area contributed by atoms with Crippen molar-refractivity contribution in [2.24, 2.45) is 4.99 Å². The molecule has 29 heavy (non-hydrogen) atoms. The molecular weight excluding hydrogens is 392 g/mol. The Bertz CT molecular complexity index is 1060. The molecule has 3 rings (SSSR count). The van der Waals surface area contributed by atoms with Crippen LogP contribution in [-0.2, 0) is 6.18 Å². The van der Waals surface area contributed by atoms with E-state index in [2.05, 4.69) is 24.9 Å². The van der Waals surface area contributed by atoms with Crippen molar-refractivity contribution in [1.29, 1.82) is 0 Å². The molecule has 3 aromatic rings. The van der Waals surface area contributed by atoms with Crippen molar-refractivity contribution in [1.82, 2.24) is 19.9 Å². The minimum absolute atomic E-state index is 0.0879. The average molecular weight is 406 g/mol. The highest BCUT2D eigenvalue weighted by Gasteiger charge is 2.33. The van der Waals surface area contributed by atoms with Gasteiger partial charge in [-0.3, -0.25) is 4.99 Å². The summed E-state index contributed by atoms with van der Waals surface area (Å²) in [4.78, 5) is 18.9. The van der Waals surface area contributed by atoms with Gasteiger partial charge in [-0.1, -0.05) is 0 Å². The van der Waals surface area contributed by atoms with Gasteiger partial charge >= 0.3 is 12.2 Å². The molecule has 2 aromatic heterocycles. The zero-order chi connectivity index (χ0) is 21.2. The second-order valence-electron chi connectivity index (χ2n) is 5.76. The van der Waals surface area contributed by atoms with Crippen LogP contribution in [0.15, 0.2) is 41.8 Å². The van der Waals surface area contributed by atoms with Crippen LogP contribution in [-0.4, -0.2) is 32.7 Å². The van der Waals surface area contributed by atoms with E-state index >= 15 is 0 Å². The van der Waals surface area contributed by atoms with Crippen molar-refractivity contribution in [3.8, 4) is 11.8 Å². The number of nitrogen functional groups attached to an aromatic ring is 1. The Hall–Kier alpha value is -3.63. The predicted molar refractivity (Wildman–Crippen MR) is 96.3 cm³/mol. The fourth-order valence-electron chi connectivity index (χ4n) is 2.56. The summed E-state index contributed by atoms with van der Waals surface area (Å²) in [6.45, 7) is 1.68. The minimum Gasteiger partial charge on any atom is -0.424 e. The Morgan fingerprint density at radius 2 is 1.90 bits per heavy atom. The minimum atomic E-state index is -4.65. The monoisotopic (exact) mass is 406 g/mol. The van der Waals surface area contributed by atoms with Crippen molar-refractivity contribution < 1.29 is 22.3 Å². The quantitative estimate of drug-likeness (QED) is 0.525. The zero-order valence-corrected chi connectivity index (χ0v) is 15.2. The van der Waals surface area contributed by atoms with E-state index in [4.69, 9.17) is 10.5 Å². The molecule has 0 spiro atoms. The van der Waals surface area contributed by atoms with Crippen molar-refractivity contribution in [2.45, 2.75) is 13.1 Å². The maximum Gasteiger partial charge on any atom is 0.433 e. The molecule has 11 heteroatoms. The van der Waals surface area contributed by atoms with Gasteiger partial charge in [0.05, 0.1) is 17.0 Å². The number of aromatic nitrogens is 4. The summed E-state index contributed by atoms with van der Waals surface area (Å²) in [5.41, 5.74) is 5.91. The molecular formula is C18H14F4N6O. The molecule has 0 atom stereocenters. The molecule has 0 saturated heterocycles. The molecule has 0 saturated carbocycles. The van der Waals surface area contributed by atoms with Gasteiger partial charge in [-0.15, -0.1) is 0 Å². The van der Waals surface area contributed by atoms with Gasteiger partial charge in [0.2, 0.25) is 0 Å². The summed E-state index contributed by atoms with van der Waals surface area (Å²) in [6.07, 6.45) is -2.47. The van der Waals surface area contributed by atoms with Gasteiger partial charge in [-0.05, 0) is 25.1 Å². The number of alkyl halides is 3. The number of aryl methyl sites for hydroxylation is 1. The number of aliphatic imine (C=N–C) groups is 1. The number of benzene rings is 1. The number of hydrogen-bond acceptors (Lipinski definition) is 7. The average Bonchev–Trinajstić information content (AvgIpc) is 2.65. The van der Waals surface area contributed by atoms with E-state index in [1.54, 1.807) is 6.92 Å². The van der Waals surface area contributed by atoms with Crippen molar-refractivity contribution in [3.05, 3.63) is 65.1 Å². The first-order chi connectivity index (χ1) is 13.7. The van der Waals surface area contributed by atoms with Crippen molar-refractivity contribution in [2.75, 3.05) is 12.8 Å². The maximum atomic E-state index is 14.7. The first-order valence-corrected chi connectivity index (χ1v) is 8.13. The van der Waals surface area contributed by atoms with Crippen LogP contribution >= 0.6 is 0 Å². The maximum absolute atomic E-state index is 14.7. The van der Waals surface area contributed by atoms with Gasteiger partial charge in [0.1, 0.15) is 23.7 Å². The summed E-state index contributed by atoms with van der Waals surface area (Å²) < 4.78 is 58.1. The van der Waals surface area contributed by atoms with E-state index in [0.29, 0.717) is 17.3 Å². The molecule has 0 unspecified atom stereocenters. The normalized spacial score (nSPS) is 12.1. The lowest BCUT2D eigenvalue weighted by molar-refractivity contribution is -0.141. The number of hydrogen-bond donors (Lipinski definition) is 1. The summed E-state index contributed by atoms with van der Waals surface area (Å²) in [5, 5.41) is 0. The first-order valence-electron chi connectivity index (χ1n) is 8.13. The summed E-state index contributed by atoms with van der Waals surface area (Å²) in [6, 6.07) is 3.83. The third kappa shape index (κ3) is 4.28. The molecule has 1 aromatic carbocycles. The fraction of sp³-hybridized carbons (Fsp3) is 0.167. The molecule has 2 N–H and O–H groups in total. The Balaban J connectivity index is 1.93. The number of nitrogens with two attached hydrogens (primary N) is 1. The van der Waals surface area contributed by atoms with Gasteiger partial charge in [-0.2, -0.15) is 18.2 Å². The molecule has 0 fully saturated rings. The molecule has 2 heterocycles. The van der Waals surface area contributed by atoms with Crippen LogP contribution in [0.3, 0.4) is 0 Å². The van der Waals surface area contributed by atoms with Gasteiger partial charge < -0.3 is 10.5 Å². The second-order valence-corrected chi connectivity index (χ2v) is 5.76. The lowest BCUT2D eigenvalue weighted by Crippen LogP contribution is -2.13. The van der Waals surface area contributed by atoms with Crippen molar-refractivity contribution >= 4 is 11.5 Å². The van der Waals surface area contributed by atoms with E-state index in [1.807, 2.05) is 0 Å². The number of rotatable bonds is 4. The molecule has 7 nitrogen and oxygen atoms in total. The van der Waals surface area contributed by atoms with E-state index in [0.717, 1.165) is 12.3 Å². The van der Waals surface area contributed by atoms with Crippen LogP contribution in [0.5, 0.6) is 11.8 Å². The molecule has 0 amide bonds. The van der Waals surface area contributed by atoms with Gasteiger partial charge in [0.15, 0.2) is 5.69 Å². The number of ether oxygens (including phenoxy) is 1. The molecule has 0 aliphatic carbocycles. The Labute approximate surface area is 162 Å². The highest BCUT2D eigenvalue weighted by atomic mass is 19.4. The highest BCUT2D eigenvalue weighted by molar-refractivity contribution is 6.16. The van der Waals surface area contributed by atoms with E-state index < -0.39 is 23.7 Å². The largest absolute Gasteiger partial charge is 0.433 e. The molecule has 0 aliphatic rings. The lowest BCUT2D eigenvalue weighted by atomic mass is 10.0. The summed E-state index contributed by atoms with van der Waals surface area (Å²) in [7, 11) is 1.46. The van der Waals surface area contributed by atoms with Crippen LogP contribution < -0.4 is 10.5 Å². The lowest BCUT2D eigenvalue weighted by Gasteiger charge is -2.13. The van der Waals surface area contributed by atoms with Crippen LogP contribution in [0.4, 0.5) is 23.4 Å². The third-order valence-electron chi connectivity index (χ3n) is 3.86. The standard InChI is InChI=1S/C18H14F4N6O/c1-9-14(16(23)27-8-26-9)15(24-2)11-4-3-10(7-12(11)19)29-17-25-6-5-13(28-17)18(20,21)22/h3-8H,1-2H3,(H2,23,26,27). The topological polar surface area (TPSA) is 99.2 Å². The van der Waals surface area contributed by atoms with Gasteiger partial charge in [0, 0.05) is 24.9 Å². The number of anilines is 1. The van der Waals surface area contributed by atoms with Crippen LogP contribution in [0, 0.1) is 12.7 Å². The predicted octanol–water partition coefficient (Wildman–Crippen LogP) is 3.57. The molecule has 0 aliphatic heterocycles. The first kappa shape index (κ1) is 20.1.